The number of likely N-dealkylation sites (tertiary alicyclic amines) is 1. The van der Waals surface area contributed by atoms with Crippen LogP contribution in [-0.2, 0) is 11.3 Å². The fraction of sp³-hybridized carbons (Fsp3) is 0.429. The van der Waals surface area contributed by atoms with Crippen molar-refractivity contribution >= 4 is 17.0 Å². The average Bonchev–Trinajstić information content (AvgIpc) is 2.95. The topological polar surface area (TPSA) is 69.2 Å². The molecular formula is C14H17N3O2. The zero-order valence-electron chi connectivity index (χ0n) is 10.8. The van der Waals surface area contributed by atoms with Gasteiger partial charge in [0.05, 0.1) is 0 Å². The van der Waals surface area contributed by atoms with E-state index in [4.69, 9.17) is 0 Å². The van der Waals surface area contributed by atoms with E-state index in [1.165, 1.54) is 0 Å². The minimum Gasteiger partial charge on any atom is -0.480 e. The number of aliphatic carboxylic acids is 1. The number of nitrogens with one attached hydrogen (secondary N) is 1. The van der Waals surface area contributed by atoms with E-state index in [0.717, 1.165) is 29.6 Å². The number of carboxylic acid groups (broad SMARTS) is 1. The SMILES string of the molecule is CC1CCN(Cc2c[nH]c3ncccc23)C1C(=O)O. The minimum absolute atomic E-state index is 0.209. The van der Waals surface area contributed by atoms with Crippen LogP contribution in [0.5, 0.6) is 0 Å². The first-order chi connectivity index (χ1) is 9.16. The van der Waals surface area contributed by atoms with Gasteiger partial charge < -0.3 is 10.1 Å². The smallest absolute Gasteiger partial charge is 0.321 e. The molecule has 0 aromatic carbocycles. The van der Waals surface area contributed by atoms with Crippen LogP contribution in [0.1, 0.15) is 18.9 Å². The molecule has 2 unspecified atom stereocenters. The molecule has 3 rings (SSSR count). The predicted molar refractivity (Wildman–Crippen MR) is 71.7 cm³/mol. The molecule has 5 nitrogen and oxygen atoms in total. The lowest BCUT2D eigenvalue weighted by Gasteiger charge is -2.22. The summed E-state index contributed by atoms with van der Waals surface area (Å²) in [5.41, 5.74) is 1.97. The number of carboxylic acids is 1. The quantitative estimate of drug-likeness (QED) is 0.882. The lowest BCUT2D eigenvalue weighted by Crippen LogP contribution is -2.38. The highest BCUT2D eigenvalue weighted by atomic mass is 16.4. The van der Waals surface area contributed by atoms with Gasteiger partial charge in [-0.05, 0) is 36.6 Å². The van der Waals surface area contributed by atoms with E-state index in [0.29, 0.717) is 6.54 Å². The zero-order chi connectivity index (χ0) is 13.4. The van der Waals surface area contributed by atoms with Gasteiger partial charge in [-0.1, -0.05) is 6.92 Å². The summed E-state index contributed by atoms with van der Waals surface area (Å²) in [6, 6.07) is 3.55. The highest BCUT2D eigenvalue weighted by Crippen LogP contribution is 2.27. The summed E-state index contributed by atoms with van der Waals surface area (Å²) in [6.07, 6.45) is 4.62. The van der Waals surface area contributed by atoms with Gasteiger partial charge in [-0.3, -0.25) is 9.69 Å². The molecule has 0 amide bonds. The second-order valence-electron chi connectivity index (χ2n) is 5.23. The van der Waals surface area contributed by atoms with Crippen molar-refractivity contribution in [2.45, 2.75) is 25.9 Å². The summed E-state index contributed by atoms with van der Waals surface area (Å²) in [5.74, 6) is -0.510. The number of carbonyl (C=O) groups is 1. The Morgan fingerprint density at radius 2 is 2.47 bits per heavy atom. The Labute approximate surface area is 111 Å². The number of aromatic amines is 1. The number of aromatic nitrogens is 2. The fourth-order valence-corrected chi connectivity index (χ4v) is 2.97. The van der Waals surface area contributed by atoms with Crippen LogP contribution in [0.25, 0.3) is 11.0 Å². The van der Waals surface area contributed by atoms with Crippen molar-refractivity contribution in [1.82, 2.24) is 14.9 Å². The third-order valence-electron chi connectivity index (χ3n) is 3.97. The van der Waals surface area contributed by atoms with E-state index in [1.807, 2.05) is 30.2 Å². The number of nitrogens with zero attached hydrogens (tertiary/aromatic N) is 2. The van der Waals surface area contributed by atoms with E-state index in [2.05, 4.69) is 9.97 Å². The first kappa shape index (κ1) is 12.2. The summed E-state index contributed by atoms with van der Waals surface area (Å²) >= 11 is 0. The molecular weight excluding hydrogens is 242 g/mol. The van der Waals surface area contributed by atoms with Gasteiger partial charge in [0, 0.05) is 24.3 Å². The number of pyridine rings is 1. The molecule has 1 fully saturated rings. The van der Waals surface area contributed by atoms with Crippen LogP contribution < -0.4 is 0 Å². The summed E-state index contributed by atoms with van der Waals surface area (Å²) in [6.45, 7) is 3.51. The second-order valence-corrected chi connectivity index (χ2v) is 5.23. The van der Waals surface area contributed by atoms with Gasteiger partial charge in [0.25, 0.3) is 0 Å². The Kier molecular flexibility index (Phi) is 2.98. The lowest BCUT2D eigenvalue weighted by molar-refractivity contribution is -0.143. The van der Waals surface area contributed by atoms with Crippen LogP contribution in [0.2, 0.25) is 0 Å². The molecule has 100 valence electrons. The number of H-pyrrole nitrogens is 1. The first-order valence-corrected chi connectivity index (χ1v) is 6.54. The van der Waals surface area contributed by atoms with E-state index >= 15 is 0 Å². The van der Waals surface area contributed by atoms with E-state index < -0.39 is 5.97 Å². The van der Waals surface area contributed by atoms with Crippen molar-refractivity contribution in [3.8, 4) is 0 Å². The van der Waals surface area contributed by atoms with Crippen LogP contribution >= 0.6 is 0 Å². The van der Waals surface area contributed by atoms with Crippen LogP contribution in [-0.4, -0.2) is 38.5 Å². The van der Waals surface area contributed by atoms with Gasteiger partial charge in [0.2, 0.25) is 0 Å². The minimum atomic E-state index is -0.719. The Hall–Kier alpha value is -1.88. The van der Waals surface area contributed by atoms with Crippen molar-refractivity contribution in [1.29, 1.82) is 0 Å². The van der Waals surface area contributed by atoms with Crippen LogP contribution in [0.3, 0.4) is 0 Å². The van der Waals surface area contributed by atoms with Gasteiger partial charge in [-0.25, -0.2) is 4.98 Å². The third kappa shape index (κ3) is 2.10. The summed E-state index contributed by atoms with van der Waals surface area (Å²) < 4.78 is 0. The molecule has 5 heteroatoms. The standard InChI is InChI=1S/C14H17N3O2/c1-9-4-6-17(12(9)14(18)19)8-10-7-16-13-11(10)3-2-5-15-13/h2-3,5,7,9,12H,4,6,8H2,1H3,(H,15,16)(H,18,19). The van der Waals surface area contributed by atoms with Gasteiger partial charge in [-0.15, -0.1) is 0 Å². The van der Waals surface area contributed by atoms with Crippen LogP contribution in [0.4, 0.5) is 0 Å². The van der Waals surface area contributed by atoms with Crippen molar-refractivity contribution in [2.75, 3.05) is 6.54 Å². The maximum absolute atomic E-state index is 11.4. The molecule has 0 aliphatic carbocycles. The van der Waals surface area contributed by atoms with Crippen molar-refractivity contribution in [2.24, 2.45) is 5.92 Å². The van der Waals surface area contributed by atoms with Gasteiger partial charge in [-0.2, -0.15) is 0 Å². The molecule has 2 aromatic heterocycles. The van der Waals surface area contributed by atoms with Gasteiger partial charge in [0.15, 0.2) is 0 Å². The van der Waals surface area contributed by atoms with E-state index in [1.54, 1.807) is 6.20 Å². The van der Waals surface area contributed by atoms with Crippen LogP contribution in [0, 0.1) is 5.92 Å². The molecule has 1 saturated heterocycles. The third-order valence-corrected chi connectivity index (χ3v) is 3.97. The molecule has 19 heavy (non-hydrogen) atoms. The number of hydrogen-bond acceptors (Lipinski definition) is 3. The zero-order valence-corrected chi connectivity index (χ0v) is 10.8. The van der Waals surface area contributed by atoms with Crippen molar-refractivity contribution < 1.29 is 9.90 Å². The molecule has 1 aliphatic heterocycles. The fourth-order valence-electron chi connectivity index (χ4n) is 2.97. The van der Waals surface area contributed by atoms with E-state index in [-0.39, 0.29) is 12.0 Å². The Balaban J connectivity index is 1.87. The Bertz CT molecular complexity index is 608. The normalized spacial score (nSPS) is 24.1. The van der Waals surface area contributed by atoms with Gasteiger partial charge >= 0.3 is 5.97 Å². The molecule has 2 aromatic rings. The largest absolute Gasteiger partial charge is 0.480 e. The molecule has 0 bridgehead atoms. The molecule has 1 aliphatic rings. The highest BCUT2D eigenvalue weighted by molar-refractivity contribution is 5.79. The predicted octanol–water partition coefficient (Wildman–Crippen LogP) is 1.86. The first-order valence-electron chi connectivity index (χ1n) is 6.54. The molecule has 0 saturated carbocycles. The number of fused-ring (bicyclic) bond motifs is 1. The summed E-state index contributed by atoms with van der Waals surface area (Å²) in [7, 11) is 0. The second kappa shape index (κ2) is 4.66. The summed E-state index contributed by atoms with van der Waals surface area (Å²) in [5, 5.41) is 10.4. The Morgan fingerprint density at radius 1 is 1.63 bits per heavy atom. The number of hydrogen-bond donors (Lipinski definition) is 2. The van der Waals surface area contributed by atoms with Crippen molar-refractivity contribution in [3.05, 3.63) is 30.1 Å². The lowest BCUT2D eigenvalue weighted by atomic mass is 10.0. The molecule has 0 radical (unpaired) electrons. The van der Waals surface area contributed by atoms with Gasteiger partial charge in [0.1, 0.15) is 11.7 Å². The summed E-state index contributed by atoms with van der Waals surface area (Å²) in [4.78, 5) is 20.8. The monoisotopic (exact) mass is 259 g/mol. The van der Waals surface area contributed by atoms with Crippen LogP contribution in [0.15, 0.2) is 24.5 Å². The van der Waals surface area contributed by atoms with E-state index in [9.17, 15) is 9.90 Å². The maximum Gasteiger partial charge on any atom is 0.321 e. The molecule has 3 heterocycles. The molecule has 2 N–H and O–H groups in total. The average molecular weight is 259 g/mol. The van der Waals surface area contributed by atoms with Crippen molar-refractivity contribution in [3.63, 3.8) is 0 Å². The Morgan fingerprint density at radius 3 is 3.26 bits per heavy atom. The molecule has 0 spiro atoms. The highest BCUT2D eigenvalue weighted by Gasteiger charge is 2.36. The number of rotatable bonds is 3. The molecule has 2 atom stereocenters. The maximum atomic E-state index is 11.4.